The predicted molar refractivity (Wildman–Crippen MR) is 108 cm³/mol. The molecule has 5 rings (SSSR count). The van der Waals surface area contributed by atoms with Crippen molar-refractivity contribution in [3.63, 3.8) is 0 Å². The number of likely N-dealkylation sites (tertiary alicyclic amines) is 1. The van der Waals surface area contributed by atoms with Crippen LogP contribution >= 0.6 is 0 Å². The van der Waals surface area contributed by atoms with Crippen LogP contribution in [0.1, 0.15) is 50.3 Å². The highest BCUT2D eigenvalue weighted by molar-refractivity contribution is 5.63. The van der Waals surface area contributed by atoms with E-state index in [2.05, 4.69) is 19.9 Å². The zero-order valence-corrected chi connectivity index (χ0v) is 16.5. The van der Waals surface area contributed by atoms with E-state index in [1.165, 1.54) is 44.3 Å². The molecule has 0 aromatic carbocycles. The van der Waals surface area contributed by atoms with Gasteiger partial charge in [0, 0.05) is 31.4 Å². The fraction of sp³-hybridized carbons (Fsp3) is 0.667. The molecule has 7 heteroatoms. The van der Waals surface area contributed by atoms with Crippen LogP contribution in [0, 0.1) is 5.92 Å². The van der Waals surface area contributed by atoms with Crippen LogP contribution in [0.5, 0.6) is 0 Å². The number of aliphatic hydroxyl groups excluding tert-OH is 1. The van der Waals surface area contributed by atoms with Gasteiger partial charge in [-0.15, -0.1) is 0 Å². The molecule has 2 aromatic heterocycles. The van der Waals surface area contributed by atoms with E-state index >= 15 is 0 Å². The summed E-state index contributed by atoms with van der Waals surface area (Å²) in [5, 5.41) is 14.2. The van der Waals surface area contributed by atoms with Crippen LogP contribution in [0.4, 0.5) is 5.95 Å². The lowest BCUT2D eigenvalue weighted by Crippen LogP contribution is -2.28. The van der Waals surface area contributed by atoms with Gasteiger partial charge >= 0.3 is 0 Å². The topological polar surface area (TPSA) is 70.3 Å². The molecule has 0 radical (unpaired) electrons. The van der Waals surface area contributed by atoms with Crippen molar-refractivity contribution in [3.8, 4) is 11.3 Å². The maximum atomic E-state index is 9.57. The van der Waals surface area contributed by atoms with Crippen molar-refractivity contribution >= 4 is 5.95 Å². The molecule has 1 N–H and O–H groups in total. The highest BCUT2D eigenvalue weighted by atomic mass is 16.3. The third-order valence-corrected chi connectivity index (χ3v) is 6.37. The van der Waals surface area contributed by atoms with Gasteiger partial charge in [-0.05, 0) is 57.1 Å². The summed E-state index contributed by atoms with van der Waals surface area (Å²) in [5.41, 5.74) is 3.27. The molecule has 150 valence electrons. The average molecular weight is 383 g/mol. The highest BCUT2D eigenvalue weighted by Gasteiger charge is 2.35. The molecule has 1 unspecified atom stereocenters. The molecule has 1 saturated carbocycles. The zero-order valence-electron chi connectivity index (χ0n) is 16.5. The first-order chi connectivity index (χ1) is 13.8. The van der Waals surface area contributed by atoms with Crippen LogP contribution in [0.25, 0.3) is 11.3 Å². The van der Waals surface area contributed by atoms with Crippen molar-refractivity contribution in [1.82, 2.24) is 24.6 Å². The fourth-order valence-corrected chi connectivity index (χ4v) is 4.77. The van der Waals surface area contributed by atoms with Gasteiger partial charge in [-0.3, -0.25) is 9.58 Å². The average Bonchev–Trinajstić information content (AvgIpc) is 3.12. The van der Waals surface area contributed by atoms with Crippen LogP contribution in [0.2, 0.25) is 0 Å². The Bertz CT molecular complexity index is 811. The Morgan fingerprint density at radius 1 is 1.07 bits per heavy atom. The molecule has 0 bridgehead atoms. The maximum absolute atomic E-state index is 9.57. The van der Waals surface area contributed by atoms with Crippen LogP contribution < -0.4 is 4.90 Å². The molecule has 2 aliphatic heterocycles. The van der Waals surface area contributed by atoms with Crippen LogP contribution in [-0.2, 0) is 6.54 Å². The molecule has 4 heterocycles. The largest absolute Gasteiger partial charge is 0.394 e. The molecule has 7 nitrogen and oxygen atoms in total. The molecule has 0 spiro atoms. The van der Waals surface area contributed by atoms with Crippen molar-refractivity contribution in [2.75, 3.05) is 37.7 Å². The Morgan fingerprint density at radius 3 is 2.71 bits per heavy atom. The standard InChI is InChI=1S/C21H30N6O/c28-13-12-27-20(19-4-3-11-26(19)15-16-5-6-16)17(14-23-27)18-7-8-22-21(24-18)25-9-1-2-10-25/h7-8,14,16,19,28H,1-6,9-13,15H2. The summed E-state index contributed by atoms with van der Waals surface area (Å²) in [7, 11) is 0. The predicted octanol–water partition coefficient (Wildman–Crippen LogP) is 2.48. The number of aliphatic hydroxyl groups is 1. The van der Waals surface area contributed by atoms with Gasteiger partial charge in [0.05, 0.1) is 36.8 Å². The lowest BCUT2D eigenvalue weighted by molar-refractivity contribution is 0.225. The van der Waals surface area contributed by atoms with E-state index in [0.29, 0.717) is 12.6 Å². The Kier molecular flexibility index (Phi) is 5.03. The number of hydrogen-bond acceptors (Lipinski definition) is 6. The van der Waals surface area contributed by atoms with E-state index < -0.39 is 0 Å². The number of hydrogen-bond donors (Lipinski definition) is 1. The first kappa shape index (κ1) is 18.1. The van der Waals surface area contributed by atoms with Gasteiger partial charge in [0.1, 0.15) is 0 Å². The monoisotopic (exact) mass is 382 g/mol. The van der Waals surface area contributed by atoms with Gasteiger partial charge in [0.25, 0.3) is 0 Å². The second-order valence-corrected chi connectivity index (χ2v) is 8.42. The second-order valence-electron chi connectivity index (χ2n) is 8.42. The normalized spacial score (nSPS) is 23.0. The van der Waals surface area contributed by atoms with Crippen LogP contribution in [-0.4, -0.2) is 62.5 Å². The van der Waals surface area contributed by atoms with Crippen molar-refractivity contribution in [3.05, 3.63) is 24.2 Å². The number of nitrogens with zero attached hydrogens (tertiary/aromatic N) is 6. The Hall–Kier alpha value is -1.99. The Labute approximate surface area is 166 Å². The van der Waals surface area contributed by atoms with Gasteiger partial charge < -0.3 is 10.0 Å². The number of rotatable bonds is 7. The summed E-state index contributed by atoms with van der Waals surface area (Å²) in [6.45, 7) is 5.07. The summed E-state index contributed by atoms with van der Waals surface area (Å²) in [4.78, 5) is 14.3. The number of aromatic nitrogens is 4. The van der Waals surface area contributed by atoms with E-state index in [4.69, 9.17) is 4.98 Å². The summed E-state index contributed by atoms with van der Waals surface area (Å²) < 4.78 is 2.00. The summed E-state index contributed by atoms with van der Waals surface area (Å²) in [6, 6.07) is 2.37. The SMILES string of the molecule is OCCn1ncc(-c2ccnc(N3CCCC3)n2)c1C1CCCN1CC1CC1. The van der Waals surface area contributed by atoms with Gasteiger partial charge in [0.2, 0.25) is 5.95 Å². The molecule has 2 aromatic rings. The smallest absolute Gasteiger partial charge is 0.225 e. The zero-order chi connectivity index (χ0) is 18.9. The van der Waals surface area contributed by atoms with Crippen LogP contribution in [0.3, 0.4) is 0 Å². The van der Waals surface area contributed by atoms with E-state index in [-0.39, 0.29) is 6.61 Å². The first-order valence-corrected chi connectivity index (χ1v) is 10.8. The van der Waals surface area contributed by atoms with Crippen LogP contribution in [0.15, 0.2) is 18.5 Å². The summed E-state index contributed by atoms with van der Waals surface area (Å²) in [5.74, 6) is 1.70. The number of anilines is 1. The minimum atomic E-state index is 0.103. The van der Waals surface area contributed by atoms with E-state index in [1.807, 2.05) is 23.1 Å². The molecule has 3 aliphatic rings. The van der Waals surface area contributed by atoms with Gasteiger partial charge in [0.15, 0.2) is 0 Å². The Morgan fingerprint density at radius 2 is 1.93 bits per heavy atom. The van der Waals surface area contributed by atoms with Gasteiger partial charge in [-0.25, -0.2) is 9.97 Å². The lowest BCUT2D eigenvalue weighted by atomic mass is 10.0. The minimum Gasteiger partial charge on any atom is -0.394 e. The molecule has 0 amide bonds. The molecule has 1 atom stereocenters. The molecule has 2 saturated heterocycles. The maximum Gasteiger partial charge on any atom is 0.225 e. The lowest BCUT2D eigenvalue weighted by Gasteiger charge is -2.26. The molecule has 28 heavy (non-hydrogen) atoms. The van der Waals surface area contributed by atoms with Crippen molar-refractivity contribution in [1.29, 1.82) is 0 Å². The van der Waals surface area contributed by atoms with E-state index in [1.54, 1.807) is 0 Å². The molecule has 1 aliphatic carbocycles. The Balaban J connectivity index is 1.50. The highest BCUT2D eigenvalue weighted by Crippen LogP contribution is 2.40. The first-order valence-electron chi connectivity index (χ1n) is 10.8. The van der Waals surface area contributed by atoms with Crippen molar-refractivity contribution in [2.24, 2.45) is 5.92 Å². The fourth-order valence-electron chi connectivity index (χ4n) is 4.77. The molecule has 3 fully saturated rings. The third kappa shape index (κ3) is 3.53. The van der Waals surface area contributed by atoms with Gasteiger partial charge in [-0.1, -0.05) is 0 Å². The molecular formula is C21H30N6O. The minimum absolute atomic E-state index is 0.103. The van der Waals surface area contributed by atoms with E-state index in [0.717, 1.165) is 49.2 Å². The van der Waals surface area contributed by atoms with Crippen molar-refractivity contribution < 1.29 is 5.11 Å². The molecular weight excluding hydrogens is 352 g/mol. The third-order valence-electron chi connectivity index (χ3n) is 6.37. The van der Waals surface area contributed by atoms with Gasteiger partial charge in [-0.2, -0.15) is 5.10 Å². The summed E-state index contributed by atoms with van der Waals surface area (Å²) >= 11 is 0. The van der Waals surface area contributed by atoms with E-state index in [9.17, 15) is 5.11 Å². The van der Waals surface area contributed by atoms with Crippen molar-refractivity contribution in [2.45, 2.75) is 51.1 Å². The quantitative estimate of drug-likeness (QED) is 0.793. The second kappa shape index (κ2) is 7.79. The summed E-state index contributed by atoms with van der Waals surface area (Å²) in [6.07, 6.45) is 11.4.